The molecule has 100 valence electrons. The van der Waals surface area contributed by atoms with Crippen LogP contribution in [0.5, 0.6) is 0 Å². The summed E-state index contributed by atoms with van der Waals surface area (Å²) in [6.45, 7) is 3.71. The first-order valence-corrected chi connectivity index (χ1v) is 7.46. The molecule has 0 amide bonds. The summed E-state index contributed by atoms with van der Waals surface area (Å²) in [5, 5.41) is 0. The Kier molecular flexibility index (Phi) is 3.97. The van der Waals surface area contributed by atoms with E-state index in [0.29, 0.717) is 0 Å². The van der Waals surface area contributed by atoms with Gasteiger partial charge in [-0.3, -0.25) is 4.98 Å². The molecular formula is C14H16N2O2S. The maximum Gasteiger partial charge on any atom is 0.241 e. The molecule has 0 saturated carbocycles. The van der Waals surface area contributed by atoms with E-state index in [1.807, 2.05) is 13.0 Å². The normalized spacial score (nSPS) is 13.2. The Balaban J connectivity index is 2.20. The van der Waals surface area contributed by atoms with Gasteiger partial charge < -0.3 is 0 Å². The van der Waals surface area contributed by atoms with E-state index < -0.39 is 10.0 Å². The second kappa shape index (κ2) is 5.50. The fraction of sp³-hybridized carbons (Fsp3) is 0.214. The molecule has 0 bridgehead atoms. The molecule has 0 radical (unpaired) electrons. The summed E-state index contributed by atoms with van der Waals surface area (Å²) in [6, 6.07) is 10.1. The van der Waals surface area contributed by atoms with Gasteiger partial charge in [0.15, 0.2) is 0 Å². The van der Waals surface area contributed by atoms with Crippen molar-refractivity contribution in [3.05, 3.63) is 59.9 Å². The molecule has 1 atom stereocenters. The van der Waals surface area contributed by atoms with E-state index in [0.717, 1.165) is 11.1 Å². The summed E-state index contributed by atoms with van der Waals surface area (Å²) >= 11 is 0. The zero-order valence-electron chi connectivity index (χ0n) is 10.9. The summed E-state index contributed by atoms with van der Waals surface area (Å²) in [5.41, 5.74) is 1.86. The fourth-order valence-electron chi connectivity index (χ4n) is 1.72. The fourth-order valence-corrected chi connectivity index (χ4v) is 2.95. The molecule has 0 spiro atoms. The standard InChI is InChI=1S/C14H16N2O2S/c1-11-5-7-14(8-6-11)19(17,18)16-12(2)13-4-3-9-15-10-13/h3-10,12,16H,1-2H3. The number of aryl methyl sites for hydroxylation is 1. The Bertz CT molecular complexity index is 637. The van der Waals surface area contributed by atoms with Crippen molar-refractivity contribution in [3.8, 4) is 0 Å². The topological polar surface area (TPSA) is 59.1 Å². The number of benzene rings is 1. The Morgan fingerprint density at radius 3 is 2.42 bits per heavy atom. The molecule has 5 heteroatoms. The molecule has 1 unspecified atom stereocenters. The van der Waals surface area contributed by atoms with Gasteiger partial charge in [0.2, 0.25) is 10.0 Å². The van der Waals surface area contributed by atoms with Gasteiger partial charge >= 0.3 is 0 Å². The van der Waals surface area contributed by atoms with Crippen LogP contribution in [0.25, 0.3) is 0 Å². The van der Waals surface area contributed by atoms with Gasteiger partial charge in [0.25, 0.3) is 0 Å². The van der Waals surface area contributed by atoms with Crippen molar-refractivity contribution >= 4 is 10.0 Å². The average molecular weight is 276 g/mol. The molecule has 1 aromatic carbocycles. The number of sulfonamides is 1. The number of pyridine rings is 1. The Morgan fingerprint density at radius 1 is 1.16 bits per heavy atom. The molecule has 0 aliphatic carbocycles. The van der Waals surface area contributed by atoms with E-state index >= 15 is 0 Å². The summed E-state index contributed by atoms with van der Waals surface area (Å²) < 4.78 is 27.0. The van der Waals surface area contributed by atoms with Crippen molar-refractivity contribution in [1.29, 1.82) is 0 Å². The van der Waals surface area contributed by atoms with E-state index in [-0.39, 0.29) is 10.9 Å². The summed E-state index contributed by atoms with van der Waals surface area (Å²) in [4.78, 5) is 4.26. The molecule has 4 nitrogen and oxygen atoms in total. The largest absolute Gasteiger partial charge is 0.264 e. The molecule has 0 fully saturated rings. The molecule has 2 aromatic rings. The number of nitrogens with one attached hydrogen (secondary N) is 1. The van der Waals surface area contributed by atoms with Crippen LogP contribution < -0.4 is 4.72 Å². The highest BCUT2D eigenvalue weighted by Gasteiger charge is 2.18. The first-order chi connectivity index (χ1) is 8.99. The Hall–Kier alpha value is -1.72. The lowest BCUT2D eigenvalue weighted by Crippen LogP contribution is -2.26. The third kappa shape index (κ3) is 3.39. The predicted molar refractivity (Wildman–Crippen MR) is 74.2 cm³/mol. The maximum absolute atomic E-state index is 12.2. The highest BCUT2D eigenvalue weighted by Crippen LogP contribution is 2.16. The smallest absolute Gasteiger partial charge is 0.241 e. The SMILES string of the molecule is Cc1ccc(S(=O)(=O)NC(C)c2cccnc2)cc1. The summed E-state index contributed by atoms with van der Waals surface area (Å²) in [5.74, 6) is 0. The Labute approximate surface area is 113 Å². The van der Waals surface area contributed by atoms with Gasteiger partial charge in [-0.25, -0.2) is 13.1 Å². The van der Waals surface area contributed by atoms with Crippen LogP contribution in [0.3, 0.4) is 0 Å². The van der Waals surface area contributed by atoms with Crippen LogP contribution in [0.4, 0.5) is 0 Å². The predicted octanol–water partition coefficient (Wildman–Crippen LogP) is 2.43. The lowest BCUT2D eigenvalue weighted by Gasteiger charge is -2.14. The van der Waals surface area contributed by atoms with E-state index in [4.69, 9.17) is 0 Å². The van der Waals surface area contributed by atoms with Crippen molar-refractivity contribution in [2.24, 2.45) is 0 Å². The second-order valence-electron chi connectivity index (χ2n) is 4.44. The van der Waals surface area contributed by atoms with Crippen LogP contribution in [0.2, 0.25) is 0 Å². The van der Waals surface area contributed by atoms with Crippen molar-refractivity contribution < 1.29 is 8.42 Å². The molecule has 19 heavy (non-hydrogen) atoms. The first kappa shape index (κ1) is 13.7. The van der Waals surface area contributed by atoms with Crippen LogP contribution >= 0.6 is 0 Å². The monoisotopic (exact) mass is 276 g/mol. The van der Waals surface area contributed by atoms with Crippen LogP contribution in [-0.4, -0.2) is 13.4 Å². The first-order valence-electron chi connectivity index (χ1n) is 5.98. The number of hydrogen-bond donors (Lipinski definition) is 1. The minimum atomic E-state index is -3.50. The highest BCUT2D eigenvalue weighted by molar-refractivity contribution is 7.89. The summed E-state index contributed by atoms with van der Waals surface area (Å²) in [7, 11) is -3.50. The minimum absolute atomic E-state index is 0.272. The van der Waals surface area contributed by atoms with Gasteiger partial charge in [0, 0.05) is 18.4 Å². The van der Waals surface area contributed by atoms with Gasteiger partial charge in [-0.2, -0.15) is 0 Å². The van der Waals surface area contributed by atoms with Crippen LogP contribution in [-0.2, 0) is 10.0 Å². The van der Waals surface area contributed by atoms with Crippen molar-refractivity contribution in [2.45, 2.75) is 24.8 Å². The van der Waals surface area contributed by atoms with E-state index in [1.54, 1.807) is 49.6 Å². The molecule has 1 aromatic heterocycles. The van der Waals surface area contributed by atoms with Crippen molar-refractivity contribution in [2.75, 3.05) is 0 Å². The highest BCUT2D eigenvalue weighted by atomic mass is 32.2. The quantitative estimate of drug-likeness (QED) is 0.933. The van der Waals surface area contributed by atoms with Crippen LogP contribution in [0.15, 0.2) is 53.7 Å². The average Bonchev–Trinajstić information content (AvgIpc) is 2.40. The van der Waals surface area contributed by atoms with Gasteiger partial charge in [-0.05, 0) is 37.6 Å². The van der Waals surface area contributed by atoms with Crippen LogP contribution in [0.1, 0.15) is 24.1 Å². The van der Waals surface area contributed by atoms with Crippen molar-refractivity contribution in [3.63, 3.8) is 0 Å². The van der Waals surface area contributed by atoms with Gasteiger partial charge in [-0.1, -0.05) is 23.8 Å². The van der Waals surface area contributed by atoms with Gasteiger partial charge in [0.1, 0.15) is 0 Å². The third-order valence-electron chi connectivity index (χ3n) is 2.85. The van der Waals surface area contributed by atoms with E-state index in [9.17, 15) is 8.42 Å². The number of rotatable bonds is 4. The Morgan fingerprint density at radius 2 is 1.84 bits per heavy atom. The molecular weight excluding hydrogens is 260 g/mol. The zero-order valence-corrected chi connectivity index (χ0v) is 11.7. The minimum Gasteiger partial charge on any atom is -0.264 e. The van der Waals surface area contributed by atoms with E-state index in [1.165, 1.54) is 0 Å². The molecule has 1 N–H and O–H groups in total. The van der Waals surface area contributed by atoms with Crippen LogP contribution in [0, 0.1) is 6.92 Å². The van der Waals surface area contributed by atoms with E-state index in [2.05, 4.69) is 9.71 Å². The molecule has 0 saturated heterocycles. The lowest BCUT2D eigenvalue weighted by molar-refractivity contribution is 0.566. The lowest BCUT2D eigenvalue weighted by atomic mass is 10.2. The summed E-state index contributed by atoms with van der Waals surface area (Å²) in [6.07, 6.45) is 3.31. The van der Waals surface area contributed by atoms with Crippen molar-refractivity contribution in [1.82, 2.24) is 9.71 Å². The number of aromatic nitrogens is 1. The maximum atomic E-state index is 12.2. The molecule has 1 heterocycles. The molecule has 2 rings (SSSR count). The third-order valence-corrected chi connectivity index (χ3v) is 4.40. The number of hydrogen-bond acceptors (Lipinski definition) is 3. The number of nitrogens with zero attached hydrogens (tertiary/aromatic N) is 1. The zero-order chi connectivity index (χ0) is 13.9. The molecule has 0 aliphatic heterocycles. The second-order valence-corrected chi connectivity index (χ2v) is 6.16. The van der Waals surface area contributed by atoms with Gasteiger partial charge in [0.05, 0.1) is 4.90 Å². The molecule has 0 aliphatic rings. The van der Waals surface area contributed by atoms with Gasteiger partial charge in [-0.15, -0.1) is 0 Å².